The average Bonchev–Trinajstić information content (AvgIpc) is 2.54. The molecule has 0 bridgehead atoms. The molecule has 4 heteroatoms. The lowest BCUT2D eigenvalue weighted by Crippen LogP contribution is -2.29. The minimum absolute atomic E-state index is 0.0534. The Morgan fingerprint density at radius 3 is 2.00 bits per heavy atom. The van der Waals surface area contributed by atoms with E-state index in [0.29, 0.717) is 22.4 Å². The first kappa shape index (κ1) is 20.7. The monoisotopic (exact) mass is 367 g/mol. The van der Waals surface area contributed by atoms with Gasteiger partial charge in [-0.1, -0.05) is 60.3 Å². The van der Waals surface area contributed by atoms with Gasteiger partial charge in [0.2, 0.25) is 6.23 Å². The SMILES string of the molecule is C=COC(N=C1C=C(C(C)(C)C)C(=O)C(C(C)(C)C)=C1)c1ccccc1O. The molecule has 1 aromatic carbocycles. The predicted molar refractivity (Wildman–Crippen MR) is 110 cm³/mol. The number of rotatable bonds is 4. The van der Waals surface area contributed by atoms with Crippen LogP contribution in [0.4, 0.5) is 0 Å². The lowest BCUT2D eigenvalue weighted by atomic mass is 9.72. The van der Waals surface area contributed by atoms with Gasteiger partial charge in [-0.25, -0.2) is 4.99 Å². The Hall–Kier alpha value is -2.62. The number of phenols is 1. The second kappa shape index (κ2) is 7.55. The molecule has 144 valence electrons. The number of aliphatic imine (C=N–C) groups is 1. The summed E-state index contributed by atoms with van der Waals surface area (Å²) >= 11 is 0. The summed E-state index contributed by atoms with van der Waals surface area (Å²) in [6, 6.07) is 6.90. The standard InChI is InChI=1S/C23H29NO3/c1-8-27-21(16-11-9-10-12-19(16)25)24-15-13-17(22(2,3)4)20(26)18(14-15)23(5,6)7/h8-14,21,25H,1H2,2-7H3. The van der Waals surface area contributed by atoms with Crippen molar-refractivity contribution in [2.24, 2.45) is 15.8 Å². The summed E-state index contributed by atoms with van der Waals surface area (Å²) in [6.07, 6.45) is 4.19. The third kappa shape index (κ3) is 4.76. The van der Waals surface area contributed by atoms with E-state index in [1.165, 1.54) is 6.26 Å². The molecule has 0 aliphatic heterocycles. The van der Waals surface area contributed by atoms with Crippen LogP contribution in [0.1, 0.15) is 53.3 Å². The molecule has 1 aliphatic carbocycles. The Morgan fingerprint density at radius 2 is 1.56 bits per heavy atom. The van der Waals surface area contributed by atoms with E-state index in [4.69, 9.17) is 4.74 Å². The van der Waals surface area contributed by atoms with Crippen molar-refractivity contribution in [3.63, 3.8) is 0 Å². The van der Waals surface area contributed by atoms with Crippen molar-refractivity contribution >= 4 is 11.5 Å². The summed E-state index contributed by atoms with van der Waals surface area (Å²) < 4.78 is 5.55. The zero-order valence-corrected chi connectivity index (χ0v) is 17.0. The molecule has 0 aromatic heterocycles. The highest BCUT2D eigenvalue weighted by Gasteiger charge is 2.34. The number of hydrogen-bond acceptors (Lipinski definition) is 4. The highest BCUT2D eigenvalue weighted by atomic mass is 16.5. The van der Waals surface area contributed by atoms with E-state index >= 15 is 0 Å². The van der Waals surface area contributed by atoms with Gasteiger partial charge in [0.1, 0.15) is 5.75 Å². The van der Waals surface area contributed by atoms with Crippen molar-refractivity contribution in [1.82, 2.24) is 0 Å². The molecule has 1 atom stereocenters. The number of benzene rings is 1. The number of allylic oxidation sites excluding steroid dienone is 4. The molecule has 0 heterocycles. The molecule has 0 amide bonds. The maximum atomic E-state index is 13.0. The number of ether oxygens (including phenoxy) is 1. The second-order valence-electron chi connectivity index (χ2n) is 8.71. The van der Waals surface area contributed by atoms with Gasteiger partial charge in [0, 0.05) is 11.1 Å². The lowest BCUT2D eigenvalue weighted by molar-refractivity contribution is -0.114. The van der Waals surface area contributed by atoms with E-state index in [1.54, 1.807) is 18.2 Å². The molecule has 0 spiro atoms. The Bertz CT molecular complexity index is 794. The van der Waals surface area contributed by atoms with Gasteiger partial charge in [0.15, 0.2) is 5.78 Å². The molecule has 4 nitrogen and oxygen atoms in total. The van der Waals surface area contributed by atoms with Gasteiger partial charge in [0.05, 0.1) is 17.5 Å². The van der Waals surface area contributed by atoms with Gasteiger partial charge < -0.3 is 9.84 Å². The fraction of sp³-hybridized carbons (Fsp3) is 0.391. The summed E-state index contributed by atoms with van der Waals surface area (Å²) in [5, 5.41) is 10.2. The minimum atomic E-state index is -0.748. The molecular formula is C23H29NO3. The van der Waals surface area contributed by atoms with Crippen LogP contribution in [0.25, 0.3) is 0 Å². The number of hydrogen-bond donors (Lipinski definition) is 1. The second-order valence-corrected chi connectivity index (χ2v) is 8.71. The van der Waals surface area contributed by atoms with Gasteiger partial charge in [-0.3, -0.25) is 4.79 Å². The van der Waals surface area contributed by atoms with Crippen LogP contribution in [0.2, 0.25) is 0 Å². The summed E-state index contributed by atoms with van der Waals surface area (Å²) in [6.45, 7) is 15.7. The zero-order chi connectivity index (χ0) is 20.4. The normalized spacial score (nSPS) is 16.4. The Kier molecular flexibility index (Phi) is 5.79. The summed E-state index contributed by atoms with van der Waals surface area (Å²) in [5.74, 6) is 0.151. The molecular weight excluding hydrogens is 338 g/mol. The van der Waals surface area contributed by atoms with Crippen LogP contribution < -0.4 is 0 Å². The smallest absolute Gasteiger partial charge is 0.218 e. The van der Waals surface area contributed by atoms with Crippen molar-refractivity contribution < 1.29 is 14.6 Å². The molecule has 1 aliphatic rings. The van der Waals surface area contributed by atoms with E-state index in [1.807, 2.05) is 59.8 Å². The predicted octanol–water partition coefficient (Wildman–Crippen LogP) is 5.52. The largest absolute Gasteiger partial charge is 0.507 e. The van der Waals surface area contributed by atoms with E-state index in [0.717, 1.165) is 0 Å². The molecule has 1 N–H and O–H groups in total. The van der Waals surface area contributed by atoms with Crippen LogP contribution >= 0.6 is 0 Å². The Balaban J connectivity index is 2.61. The van der Waals surface area contributed by atoms with Crippen molar-refractivity contribution in [3.8, 4) is 5.75 Å². The number of nitrogens with zero attached hydrogens (tertiary/aromatic N) is 1. The lowest BCUT2D eigenvalue weighted by Gasteiger charge is -2.31. The molecule has 27 heavy (non-hydrogen) atoms. The summed E-state index contributed by atoms with van der Waals surface area (Å²) in [7, 11) is 0. The first-order chi connectivity index (χ1) is 12.4. The van der Waals surface area contributed by atoms with Crippen LogP contribution in [0.15, 0.2) is 65.4 Å². The molecule has 1 unspecified atom stereocenters. The van der Waals surface area contributed by atoms with Gasteiger partial charge in [0.25, 0.3) is 0 Å². The quantitative estimate of drug-likeness (QED) is 0.563. The molecule has 0 saturated heterocycles. The number of phenolic OH excluding ortho intramolecular Hbond substituents is 1. The summed E-state index contributed by atoms with van der Waals surface area (Å²) in [5.41, 5.74) is 1.97. The average molecular weight is 367 g/mol. The number of ketones is 1. The van der Waals surface area contributed by atoms with Crippen molar-refractivity contribution in [2.75, 3.05) is 0 Å². The number of carbonyl (C=O) groups is 1. The molecule has 0 saturated carbocycles. The van der Waals surface area contributed by atoms with Crippen LogP contribution in [-0.2, 0) is 9.53 Å². The van der Waals surface area contributed by atoms with Crippen LogP contribution in [0.5, 0.6) is 5.75 Å². The highest BCUT2D eigenvalue weighted by molar-refractivity contribution is 6.22. The maximum Gasteiger partial charge on any atom is 0.218 e. The van der Waals surface area contributed by atoms with Crippen molar-refractivity contribution in [2.45, 2.75) is 47.8 Å². The van der Waals surface area contributed by atoms with Crippen molar-refractivity contribution in [3.05, 3.63) is 66.0 Å². The number of para-hydroxylation sites is 1. The molecule has 1 aromatic rings. The van der Waals surface area contributed by atoms with Gasteiger partial charge in [-0.2, -0.15) is 0 Å². The Labute approximate surface area is 162 Å². The van der Waals surface area contributed by atoms with Crippen molar-refractivity contribution in [1.29, 1.82) is 0 Å². The van der Waals surface area contributed by atoms with Gasteiger partial charge in [-0.05, 0) is 35.1 Å². The van der Waals surface area contributed by atoms with Crippen LogP contribution in [0, 0.1) is 10.8 Å². The van der Waals surface area contributed by atoms with Crippen LogP contribution in [-0.4, -0.2) is 16.6 Å². The number of carbonyl (C=O) groups excluding carboxylic acids is 1. The first-order valence-electron chi connectivity index (χ1n) is 9.06. The fourth-order valence-electron chi connectivity index (χ4n) is 2.90. The van der Waals surface area contributed by atoms with E-state index in [2.05, 4.69) is 11.6 Å². The third-order valence-corrected chi connectivity index (χ3v) is 4.38. The van der Waals surface area contributed by atoms with E-state index in [9.17, 15) is 9.90 Å². The van der Waals surface area contributed by atoms with E-state index in [-0.39, 0.29) is 22.4 Å². The Morgan fingerprint density at radius 1 is 1.04 bits per heavy atom. The van der Waals surface area contributed by atoms with Gasteiger partial charge >= 0.3 is 0 Å². The maximum absolute atomic E-state index is 13.0. The molecule has 0 fully saturated rings. The van der Waals surface area contributed by atoms with Gasteiger partial charge in [-0.15, -0.1) is 0 Å². The molecule has 2 rings (SSSR count). The zero-order valence-electron chi connectivity index (χ0n) is 17.0. The summed E-state index contributed by atoms with van der Waals surface area (Å²) in [4.78, 5) is 17.7. The van der Waals surface area contributed by atoms with Crippen LogP contribution in [0.3, 0.4) is 0 Å². The number of aromatic hydroxyl groups is 1. The number of Topliss-reactive ketones (excluding diaryl/α,β-unsaturated/α-hetero) is 1. The first-order valence-corrected chi connectivity index (χ1v) is 9.06. The third-order valence-electron chi connectivity index (χ3n) is 4.38. The highest BCUT2D eigenvalue weighted by Crippen LogP contribution is 2.38. The topological polar surface area (TPSA) is 58.9 Å². The minimum Gasteiger partial charge on any atom is -0.507 e. The van der Waals surface area contributed by atoms with E-state index < -0.39 is 6.23 Å². The fourth-order valence-corrected chi connectivity index (χ4v) is 2.90. The molecule has 0 radical (unpaired) electrons.